The molecule has 6 nitrogen and oxygen atoms in total. The number of carboxylic acids is 1. The summed E-state index contributed by atoms with van der Waals surface area (Å²) in [6, 6.07) is 4.00. The summed E-state index contributed by atoms with van der Waals surface area (Å²) in [6.07, 6.45) is 1.10. The molecule has 0 fully saturated rings. The number of hydrogen-bond acceptors (Lipinski definition) is 4. The van der Waals surface area contributed by atoms with Gasteiger partial charge in [0.25, 0.3) is 0 Å². The molecule has 3 N–H and O–H groups in total. The van der Waals surface area contributed by atoms with Gasteiger partial charge in [0.2, 0.25) is 0 Å². The highest BCUT2D eigenvalue weighted by Gasteiger charge is 2.22. The maximum atomic E-state index is 12.4. The number of carbonyl (C=O) groups is 2. The Labute approximate surface area is 138 Å². The normalized spacial score (nSPS) is 13.1. The van der Waals surface area contributed by atoms with Gasteiger partial charge in [-0.15, -0.1) is 0 Å². The van der Waals surface area contributed by atoms with E-state index < -0.39 is 23.7 Å². The van der Waals surface area contributed by atoms with E-state index in [0.717, 1.165) is 5.39 Å². The molecular weight excluding hydrogens is 320 g/mol. The van der Waals surface area contributed by atoms with Crippen LogP contribution in [0.1, 0.15) is 26.3 Å². The van der Waals surface area contributed by atoms with E-state index >= 15 is 0 Å². The predicted molar refractivity (Wildman–Crippen MR) is 87.9 cm³/mol. The molecule has 23 heavy (non-hydrogen) atoms. The first-order valence-electron chi connectivity index (χ1n) is 7.10. The van der Waals surface area contributed by atoms with Gasteiger partial charge >= 0.3 is 12.1 Å². The molecule has 0 spiro atoms. The molecule has 0 amide bonds. The third kappa shape index (κ3) is 4.03. The van der Waals surface area contributed by atoms with Crippen LogP contribution in [0.25, 0.3) is 10.9 Å². The third-order valence-corrected chi connectivity index (χ3v) is 3.43. The minimum absolute atomic E-state index is 0.100. The molecule has 0 unspecified atom stereocenters. The number of hydrogen-bond donors (Lipinski definition) is 2. The molecule has 0 aliphatic heterocycles. The first kappa shape index (κ1) is 17.3. The van der Waals surface area contributed by atoms with Crippen LogP contribution in [0.5, 0.6) is 0 Å². The van der Waals surface area contributed by atoms with E-state index in [1.807, 2.05) is 0 Å². The van der Waals surface area contributed by atoms with E-state index in [-0.39, 0.29) is 6.42 Å². The minimum atomic E-state index is -1.10. The molecule has 2 aromatic rings. The number of aliphatic carboxylic acids is 1. The second kappa shape index (κ2) is 6.22. The van der Waals surface area contributed by atoms with Crippen LogP contribution in [0, 0.1) is 0 Å². The maximum absolute atomic E-state index is 12.4. The van der Waals surface area contributed by atoms with Crippen molar-refractivity contribution in [2.45, 2.75) is 38.8 Å². The minimum Gasteiger partial charge on any atom is -0.480 e. The molecule has 0 radical (unpaired) electrons. The second-order valence-corrected chi connectivity index (χ2v) is 6.75. The highest BCUT2D eigenvalue weighted by Crippen LogP contribution is 2.26. The first-order valence-corrected chi connectivity index (χ1v) is 7.47. The summed E-state index contributed by atoms with van der Waals surface area (Å²) in [5.41, 5.74) is 6.16. The zero-order valence-electron chi connectivity index (χ0n) is 13.2. The molecule has 0 aliphatic carbocycles. The van der Waals surface area contributed by atoms with Crippen molar-refractivity contribution in [2.75, 3.05) is 0 Å². The van der Waals surface area contributed by atoms with Gasteiger partial charge in [-0.3, -0.25) is 9.36 Å². The van der Waals surface area contributed by atoms with Gasteiger partial charge in [-0.1, -0.05) is 17.7 Å². The molecule has 124 valence electrons. The number of fused-ring (bicyclic) bond motifs is 1. The molecule has 2 rings (SSSR count). The molecule has 7 heteroatoms. The van der Waals surface area contributed by atoms with E-state index in [2.05, 4.69) is 0 Å². The van der Waals surface area contributed by atoms with E-state index in [9.17, 15) is 9.59 Å². The Balaban J connectivity index is 2.50. The number of nitrogens with two attached hydrogens (primary N) is 1. The van der Waals surface area contributed by atoms with Crippen molar-refractivity contribution in [3.05, 3.63) is 35.0 Å². The summed E-state index contributed by atoms with van der Waals surface area (Å²) >= 11 is 6.01. The van der Waals surface area contributed by atoms with Crippen molar-refractivity contribution in [2.24, 2.45) is 5.73 Å². The molecule has 1 atom stereocenters. The number of benzene rings is 1. The second-order valence-electron chi connectivity index (χ2n) is 6.32. The summed E-state index contributed by atoms with van der Waals surface area (Å²) in [4.78, 5) is 23.3. The average Bonchev–Trinajstić information content (AvgIpc) is 2.74. The van der Waals surface area contributed by atoms with Crippen LogP contribution in [-0.2, 0) is 16.0 Å². The topological polar surface area (TPSA) is 94.5 Å². The molecule has 1 heterocycles. The Hall–Kier alpha value is -2.05. The quantitative estimate of drug-likeness (QED) is 0.897. The number of nitrogens with zero attached hydrogens (tertiary/aromatic N) is 1. The number of ether oxygens (including phenoxy) is 1. The van der Waals surface area contributed by atoms with Crippen LogP contribution < -0.4 is 5.73 Å². The Kier molecular flexibility index (Phi) is 4.68. The molecule has 0 aliphatic rings. The number of rotatable bonds is 3. The van der Waals surface area contributed by atoms with E-state index in [0.29, 0.717) is 16.1 Å². The highest BCUT2D eigenvalue weighted by atomic mass is 35.5. The van der Waals surface area contributed by atoms with E-state index in [1.54, 1.807) is 45.2 Å². The predicted octanol–water partition coefficient (Wildman–Crippen LogP) is 3.03. The van der Waals surface area contributed by atoms with Crippen LogP contribution >= 0.6 is 11.6 Å². The SMILES string of the molecule is CC(C)(C)OC(=O)n1cc(C[C@H](N)C(=O)O)c2ccc(Cl)cc21. The van der Waals surface area contributed by atoms with Crippen LogP contribution in [0.3, 0.4) is 0 Å². The Morgan fingerprint density at radius 1 is 1.39 bits per heavy atom. The van der Waals surface area contributed by atoms with Gasteiger partial charge in [0, 0.05) is 23.0 Å². The lowest BCUT2D eigenvalue weighted by Crippen LogP contribution is -2.32. The van der Waals surface area contributed by atoms with Gasteiger partial charge in [0.15, 0.2) is 0 Å². The van der Waals surface area contributed by atoms with Gasteiger partial charge < -0.3 is 15.6 Å². The zero-order chi connectivity index (χ0) is 17.4. The lowest BCUT2D eigenvalue weighted by Gasteiger charge is -2.19. The third-order valence-electron chi connectivity index (χ3n) is 3.20. The summed E-state index contributed by atoms with van der Waals surface area (Å²) in [6.45, 7) is 5.31. The number of carboxylic acid groups (broad SMARTS) is 1. The molecular formula is C16H19ClN2O4. The van der Waals surface area contributed by atoms with Crippen molar-refractivity contribution in [3.63, 3.8) is 0 Å². The summed E-state index contributed by atoms with van der Waals surface area (Å²) in [7, 11) is 0. The molecule has 0 bridgehead atoms. The van der Waals surface area contributed by atoms with Crippen LogP contribution in [0.2, 0.25) is 5.02 Å². The van der Waals surface area contributed by atoms with Crippen molar-refractivity contribution in [1.82, 2.24) is 4.57 Å². The average molecular weight is 339 g/mol. The number of aromatic nitrogens is 1. The summed E-state index contributed by atoms with van der Waals surface area (Å²) < 4.78 is 6.70. The van der Waals surface area contributed by atoms with Gasteiger partial charge in [0.05, 0.1) is 5.52 Å². The largest absolute Gasteiger partial charge is 0.480 e. The van der Waals surface area contributed by atoms with Gasteiger partial charge in [-0.05, 0) is 38.5 Å². The van der Waals surface area contributed by atoms with Crippen molar-refractivity contribution >= 4 is 34.6 Å². The number of halogens is 1. The fraction of sp³-hybridized carbons (Fsp3) is 0.375. The first-order chi connectivity index (χ1) is 10.6. The lowest BCUT2D eigenvalue weighted by molar-refractivity contribution is -0.138. The maximum Gasteiger partial charge on any atom is 0.419 e. The van der Waals surface area contributed by atoms with Crippen molar-refractivity contribution in [1.29, 1.82) is 0 Å². The fourth-order valence-corrected chi connectivity index (χ4v) is 2.39. The van der Waals surface area contributed by atoms with E-state index in [4.69, 9.17) is 27.2 Å². The van der Waals surface area contributed by atoms with Gasteiger partial charge in [0.1, 0.15) is 11.6 Å². The molecule has 1 aromatic carbocycles. The van der Waals surface area contributed by atoms with Gasteiger partial charge in [-0.2, -0.15) is 0 Å². The zero-order valence-corrected chi connectivity index (χ0v) is 13.9. The Morgan fingerprint density at radius 2 is 2.04 bits per heavy atom. The van der Waals surface area contributed by atoms with Crippen molar-refractivity contribution < 1.29 is 19.4 Å². The standard InChI is InChI=1S/C16H19ClN2O4/c1-16(2,3)23-15(22)19-8-9(6-12(18)14(20)21)11-5-4-10(17)7-13(11)19/h4-5,7-8,12H,6,18H2,1-3H3,(H,20,21)/t12-/m0/s1. The highest BCUT2D eigenvalue weighted by molar-refractivity contribution is 6.31. The Morgan fingerprint density at radius 3 is 2.61 bits per heavy atom. The van der Waals surface area contributed by atoms with Crippen LogP contribution in [0.15, 0.2) is 24.4 Å². The monoisotopic (exact) mass is 338 g/mol. The fourth-order valence-electron chi connectivity index (χ4n) is 2.22. The van der Waals surface area contributed by atoms with E-state index in [1.165, 1.54) is 4.57 Å². The molecule has 1 aromatic heterocycles. The summed E-state index contributed by atoms with van der Waals surface area (Å²) in [5, 5.41) is 10.2. The summed E-state index contributed by atoms with van der Waals surface area (Å²) in [5.74, 6) is -1.10. The lowest BCUT2D eigenvalue weighted by atomic mass is 10.1. The Bertz CT molecular complexity index is 761. The number of carbonyl (C=O) groups excluding carboxylic acids is 1. The van der Waals surface area contributed by atoms with Crippen LogP contribution in [-0.4, -0.2) is 33.4 Å². The molecule has 0 saturated carbocycles. The van der Waals surface area contributed by atoms with Crippen LogP contribution in [0.4, 0.5) is 4.79 Å². The van der Waals surface area contributed by atoms with Gasteiger partial charge in [-0.25, -0.2) is 4.79 Å². The van der Waals surface area contributed by atoms with Crippen molar-refractivity contribution in [3.8, 4) is 0 Å². The molecule has 0 saturated heterocycles. The smallest absolute Gasteiger partial charge is 0.419 e.